The minimum absolute atomic E-state index is 0.528. The highest BCUT2D eigenvalue weighted by Crippen LogP contribution is 2.27. The van der Waals surface area contributed by atoms with E-state index in [0.717, 1.165) is 71.3 Å². The third kappa shape index (κ3) is 3.74. The van der Waals surface area contributed by atoms with E-state index < -0.39 is 0 Å². The topological polar surface area (TPSA) is 103 Å². The van der Waals surface area contributed by atoms with E-state index in [4.69, 9.17) is 0 Å². The van der Waals surface area contributed by atoms with Gasteiger partial charge in [0.2, 0.25) is 5.95 Å². The summed E-state index contributed by atoms with van der Waals surface area (Å²) in [5, 5.41) is 8.91. The summed E-state index contributed by atoms with van der Waals surface area (Å²) in [4.78, 5) is 26.1. The number of hydrogen-bond donors (Lipinski definition) is 2. The lowest BCUT2D eigenvalue weighted by atomic mass is 10.2. The van der Waals surface area contributed by atoms with Crippen LogP contribution >= 0.6 is 0 Å². The molecule has 6 heterocycles. The number of likely N-dealkylation sites (N-methyl/N-ethyl adjacent to an activating group) is 1. The molecule has 0 bridgehead atoms. The van der Waals surface area contributed by atoms with E-state index in [1.54, 1.807) is 4.52 Å². The molecule has 5 aromatic rings. The maximum absolute atomic E-state index is 4.69. The number of hydrogen-bond acceptors (Lipinski definition) is 8. The highest BCUT2D eigenvalue weighted by molar-refractivity contribution is 5.92. The van der Waals surface area contributed by atoms with Crippen molar-refractivity contribution in [3.8, 4) is 11.3 Å². The van der Waals surface area contributed by atoms with Crippen LogP contribution in [0.5, 0.6) is 0 Å². The molecule has 0 saturated carbocycles. The van der Waals surface area contributed by atoms with Gasteiger partial charge in [-0.2, -0.15) is 10.1 Å². The lowest BCUT2D eigenvalue weighted by molar-refractivity contribution is 0.312. The van der Waals surface area contributed by atoms with E-state index in [0.29, 0.717) is 5.95 Å². The molecule has 0 aromatic carbocycles. The quantitative estimate of drug-likeness (QED) is 0.440. The molecule has 0 spiro atoms. The van der Waals surface area contributed by atoms with Gasteiger partial charge in [0, 0.05) is 67.5 Å². The molecule has 0 radical (unpaired) electrons. The van der Waals surface area contributed by atoms with E-state index >= 15 is 0 Å². The van der Waals surface area contributed by atoms with Crippen LogP contribution in [0.3, 0.4) is 0 Å². The van der Waals surface area contributed by atoms with Crippen LogP contribution in [0.1, 0.15) is 5.69 Å². The molecule has 1 aliphatic heterocycles. The van der Waals surface area contributed by atoms with Crippen molar-refractivity contribution in [2.45, 2.75) is 6.92 Å². The van der Waals surface area contributed by atoms with Crippen molar-refractivity contribution >= 4 is 34.1 Å². The van der Waals surface area contributed by atoms with Crippen molar-refractivity contribution in [2.75, 3.05) is 43.4 Å². The van der Waals surface area contributed by atoms with Crippen LogP contribution < -0.4 is 10.2 Å². The van der Waals surface area contributed by atoms with Crippen LogP contribution in [-0.2, 0) is 0 Å². The van der Waals surface area contributed by atoms with Gasteiger partial charge in [-0.25, -0.2) is 19.5 Å². The molecular weight excluding hydrogens is 416 g/mol. The number of aryl methyl sites for hydroxylation is 1. The van der Waals surface area contributed by atoms with E-state index in [9.17, 15) is 0 Å². The molecule has 166 valence electrons. The van der Waals surface area contributed by atoms with Gasteiger partial charge < -0.3 is 20.1 Å². The minimum atomic E-state index is 0.528. The smallest absolute Gasteiger partial charge is 0.229 e. The van der Waals surface area contributed by atoms with Crippen LogP contribution in [0, 0.1) is 6.92 Å². The summed E-state index contributed by atoms with van der Waals surface area (Å²) in [5.41, 5.74) is 5.20. The number of fused-ring (bicyclic) bond motifs is 2. The maximum Gasteiger partial charge on any atom is 0.229 e. The van der Waals surface area contributed by atoms with Gasteiger partial charge in [-0.15, -0.1) is 0 Å². The van der Waals surface area contributed by atoms with Crippen LogP contribution in [0.2, 0.25) is 0 Å². The predicted octanol–water partition coefficient (Wildman–Crippen LogP) is 2.87. The van der Waals surface area contributed by atoms with Gasteiger partial charge in [0.25, 0.3) is 0 Å². The molecule has 0 amide bonds. The Morgan fingerprint density at radius 1 is 1.03 bits per heavy atom. The second kappa shape index (κ2) is 7.82. The Bertz CT molecular complexity index is 1440. The monoisotopic (exact) mass is 440 g/mol. The average molecular weight is 441 g/mol. The number of nitrogens with zero attached hydrogens (tertiary/aromatic N) is 8. The summed E-state index contributed by atoms with van der Waals surface area (Å²) >= 11 is 0. The van der Waals surface area contributed by atoms with Gasteiger partial charge in [-0.1, -0.05) is 0 Å². The van der Waals surface area contributed by atoms with Gasteiger partial charge in [0.1, 0.15) is 11.5 Å². The second-order valence-corrected chi connectivity index (χ2v) is 8.38. The van der Waals surface area contributed by atoms with E-state index in [1.165, 1.54) is 0 Å². The van der Waals surface area contributed by atoms with Gasteiger partial charge in [0.05, 0.1) is 17.6 Å². The number of anilines is 3. The Kier molecular flexibility index (Phi) is 4.65. The highest BCUT2D eigenvalue weighted by atomic mass is 15.3. The number of imidazole rings is 1. The number of H-pyrrole nitrogens is 1. The van der Waals surface area contributed by atoms with Gasteiger partial charge in [-0.05, 0) is 32.2 Å². The van der Waals surface area contributed by atoms with Crippen molar-refractivity contribution in [3.05, 3.63) is 54.7 Å². The van der Waals surface area contributed by atoms with Crippen molar-refractivity contribution in [1.29, 1.82) is 0 Å². The molecule has 6 rings (SSSR count). The minimum Gasteiger partial charge on any atom is -0.354 e. The first-order chi connectivity index (χ1) is 16.1. The van der Waals surface area contributed by atoms with Gasteiger partial charge >= 0.3 is 0 Å². The number of rotatable bonds is 4. The third-order valence-corrected chi connectivity index (χ3v) is 5.98. The van der Waals surface area contributed by atoms with Gasteiger partial charge in [0.15, 0.2) is 5.65 Å². The maximum atomic E-state index is 4.69. The standard InChI is InChI=1S/C23H24N10/c1-15-14-33-20(27-15)4-3-19(30-33)17-12-25-22-18(17)13-26-23(29-22)28-16-5-6-24-21(11-16)32-9-7-31(2)8-10-32/h3-6,11-14H,7-10H2,1-2H3,(H2,24,25,26,28,29). The van der Waals surface area contributed by atoms with Crippen molar-refractivity contribution in [2.24, 2.45) is 0 Å². The number of aromatic amines is 1. The molecule has 10 nitrogen and oxygen atoms in total. The molecule has 10 heteroatoms. The largest absolute Gasteiger partial charge is 0.354 e. The molecule has 33 heavy (non-hydrogen) atoms. The molecule has 2 N–H and O–H groups in total. The zero-order valence-electron chi connectivity index (χ0n) is 18.5. The average Bonchev–Trinajstić information content (AvgIpc) is 3.41. The first-order valence-corrected chi connectivity index (χ1v) is 11.0. The van der Waals surface area contributed by atoms with Crippen molar-refractivity contribution < 1.29 is 0 Å². The fourth-order valence-electron chi connectivity index (χ4n) is 4.16. The summed E-state index contributed by atoms with van der Waals surface area (Å²) in [5.74, 6) is 1.49. The molecule has 1 saturated heterocycles. The van der Waals surface area contributed by atoms with E-state index in [2.05, 4.69) is 52.2 Å². The molecule has 0 atom stereocenters. The molecule has 5 aromatic heterocycles. The Hall–Kier alpha value is -4.05. The lowest BCUT2D eigenvalue weighted by Gasteiger charge is -2.33. The van der Waals surface area contributed by atoms with E-state index in [-0.39, 0.29) is 0 Å². The fraction of sp³-hybridized carbons (Fsp3) is 0.261. The fourth-order valence-corrected chi connectivity index (χ4v) is 4.16. The van der Waals surface area contributed by atoms with Crippen LogP contribution in [0.4, 0.5) is 17.5 Å². The summed E-state index contributed by atoms with van der Waals surface area (Å²) < 4.78 is 1.79. The second-order valence-electron chi connectivity index (χ2n) is 8.38. The number of pyridine rings is 1. The van der Waals surface area contributed by atoms with Crippen molar-refractivity contribution in [3.63, 3.8) is 0 Å². The number of piperazine rings is 1. The molecule has 0 aliphatic carbocycles. The Balaban J connectivity index is 1.26. The lowest BCUT2D eigenvalue weighted by Crippen LogP contribution is -2.44. The zero-order valence-corrected chi connectivity index (χ0v) is 18.5. The third-order valence-electron chi connectivity index (χ3n) is 5.98. The van der Waals surface area contributed by atoms with Crippen LogP contribution in [-0.4, -0.2) is 72.7 Å². The number of aromatic nitrogens is 7. The summed E-state index contributed by atoms with van der Waals surface area (Å²) in [7, 11) is 2.15. The molecular formula is C23H24N10. The van der Waals surface area contributed by atoms with Crippen molar-refractivity contribution in [1.82, 2.24) is 39.4 Å². The molecule has 0 unspecified atom stereocenters. The first kappa shape index (κ1) is 19.6. The van der Waals surface area contributed by atoms with Crippen LogP contribution in [0.15, 0.2) is 49.1 Å². The Morgan fingerprint density at radius 3 is 2.79 bits per heavy atom. The zero-order chi connectivity index (χ0) is 22.4. The van der Waals surface area contributed by atoms with Crippen LogP contribution in [0.25, 0.3) is 27.9 Å². The normalized spacial score (nSPS) is 14.9. The molecule has 1 fully saturated rings. The molecule has 1 aliphatic rings. The summed E-state index contributed by atoms with van der Waals surface area (Å²) in [6.45, 7) is 5.98. The Morgan fingerprint density at radius 2 is 1.91 bits per heavy atom. The summed E-state index contributed by atoms with van der Waals surface area (Å²) in [6.07, 6.45) is 7.47. The first-order valence-electron chi connectivity index (χ1n) is 11.0. The van der Waals surface area contributed by atoms with Gasteiger partial charge in [-0.3, -0.25) is 0 Å². The van der Waals surface area contributed by atoms with E-state index in [1.807, 2.05) is 56.0 Å². The highest BCUT2D eigenvalue weighted by Gasteiger charge is 2.16. The predicted molar refractivity (Wildman–Crippen MR) is 128 cm³/mol. The number of nitrogens with one attached hydrogen (secondary N) is 2. The Labute approximate surface area is 190 Å². The SMILES string of the molecule is Cc1cn2nc(-c3c[nH]c4nc(Nc5ccnc(N6CCN(C)CC6)c5)ncc34)ccc2n1. The summed E-state index contributed by atoms with van der Waals surface area (Å²) in [6, 6.07) is 7.91.